The number of aryl methyl sites for hydroxylation is 1. The first kappa shape index (κ1) is 27.1. The van der Waals surface area contributed by atoms with Crippen LogP contribution in [0.25, 0.3) is 11.0 Å². The SMILES string of the molecule is COc1cc(N2C[C@H]3CN(C)C[C@H]3C2)c(C)cc1Nc1ncc(Br)c(Nc2ccc3nccnc3c2P(C)C)n1. The van der Waals surface area contributed by atoms with Crippen molar-refractivity contribution in [1.29, 1.82) is 0 Å². The van der Waals surface area contributed by atoms with E-state index < -0.39 is 7.92 Å². The molecule has 0 bridgehead atoms. The second-order valence-corrected chi connectivity index (χ2v) is 14.0. The third-order valence-electron chi connectivity index (χ3n) is 7.83. The Labute approximate surface area is 244 Å². The number of nitrogens with zero attached hydrogens (tertiary/aromatic N) is 6. The van der Waals surface area contributed by atoms with Gasteiger partial charge in [0, 0.05) is 67.5 Å². The van der Waals surface area contributed by atoms with Crippen LogP contribution in [-0.2, 0) is 0 Å². The molecule has 2 fully saturated rings. The third-order valence-corrected chi connectivity index (χ3v) is 9.76. The number of benzene rings is 2. The molecule has 2 N–H and O–H groups in total. The molecule has 9 nitrogen and oxygen atoms in total. The van der Waals surface area contributed by atoms with Gasteiger partial charge in [-0.15, -0.1) is 0 Å². The number of halogens is 1. The minimum atomic E-state index is -0.455. The van der Waals surface area contributed by atoms with Crippen LogP contribution in [0.2, 0.25) is 0 Å². The molecule has 11 heteroatoms. The fraction of sp³-hybridized carbons (Fsp3) is 0.379. The summed E-state index contributed by atoms with van der Waals surface area (Å²) in [6, 6.07) is 8.32. The molecule has 2 saturated heterocycles. The second kappa shape index (κ2) is 11.1. The summed E-state index contributed by atoms with van der Waals surface area (Å²) in [6.45, 7) is 11.1. The Kier molecular flexibility index (Phi) is 7.50. The van der Waals surface area contributed by atoms with E-state index in [4.69, 9.17) is 9.72 Å². The highest BCUT2D eigenvalue weighted by atomic mass is 79.9. The topological polar surface area (TPSA) is 91.3 Å². The van der Waals surface area contributed by atoms with Crippen LogP contribution in [0.1, 0.15) is 5.56 Å². The van der Waals surface area contributed by atoms with E-state index in [1.54, 1.807) is 25.7 Å². The van der Waals surface area contributed by atoms with Crippen LogP contribution >= 0.6 is 23.9 Å². The lowest BCUT2D eigenvalue weighted by Gasteiger charge is -2.25. The third kappa shape index (κ3) is 5.20. The van der Waals surface area contributed by atoms with Crippen molar-refractivity contribution in [2.24, 2.45) is 11.8 Å². The number of ether oxygens (including phenoxy) is 1. The fourth-order valence-corrected chi connectivity index (χ4v) is 7.55. The van der Waals surface area contributed by atoms with Gasteiger partial charge in [0.1, 0.15) is 11.6 Å². The van der Waals surface area contributed by atoms with Crippen molar-refractivity contribution in [2.45, 2.75) is 6.92 Å². The maximum atomic E-state index is 5.83. The molecular weight excluding hydrogens is 587 g/mol. The van der Waals surface area contributed by atoms with Crippen molar-refractivity contribution in [3.63, 3.8) is 0 Å². The van der Waals surface area contributed by atoms with Gasteiger partial charge in [0.2, 0.25) is 5.95 Å². The Morgan fingerprint density at radius 2 is 1.73 bits per heavy atom. The fourth-order valence-electron chi connectivity index (χ4n) is 6.05. The molecule has 2 aliphatic rings. The van der Waals surface area contributed by atoms with Gasteiger partial charge in [0.25, 0.3) is 0 Å². The Morgan fingerprint density at radius 1 is 0.975 bits per heavy atom. The number of anilines is 5. The zero-order valence-electron chi connectivity index (χ0n) is 23.4. The molecule has 40 heavy (non-hydrogen) atoms. The molecule has 0 unspecified atom stereocenters. The summed E-state index contributed by atoms with van der Waals surface area (Å²) in [6.07, 6.45) is 5.22. The van der Waals surface area contributed by atoms with E-state index in [1.165, 1.54) is 24.3 Å². The summed E-state index contributed by atoms with van der Waals surface area (Å²) in [4.78, 5) is 23.4. The summed E-state index contributed by atoms with van der Waals surface area (Å²) < 4.78 is 6.59. The first-order valence-electron chi connectivity index (χ1n) is 13.4. The van der Waals surface area contributed by atoms with Crippen LogP contribution in [0.5, 0.6) is 5.75 Å². The maximum absolute atomic E-state index is 5.83. The summed E-state index contributed by atoms with van der Waals surface area (Å²) in [7, 11) is 3.48. The van der Waals surface area contributed by atoms with Gasteiger partial charge >= 0.3 is 0 Å². The van der Waals surface area contributed by atoms with Gasteiger partial charge < -0.3 is 25.2 Å². The molecule has 0 aliphatic carbocycles. The summed E-state index contributed by atoms with van der Waals surface area (Å²) in [5.41, 5.74) is 6.05. The number of likely N-dealkylation sites (tertiary alicyclic amines) is 1. The normalized spacial score (nSPS) is 18.9. The van der Waals surface area contributed by atoms with Crippen molar-refractivity contribution in [1.82, 2.24) is 24.8 Å². The molecule has 6 rings (SSSR count). The lowest BCUT2D eigenvalue weighted by atomic mass is 10.0. The Bertz CT molecular complexity index is 1550. The highest BCUT2D eigenvalue weighted by Crippen LogP contribution is 2.40. The van der Waals surface area contributed by atoms with Gasteiger partial charge in [0.15, 0.2) is 0 Å². The predicted octanol–water partition coefficient (Wildman–Crippen LogP) is 5.35. The number of hydrogen-bond acceptors (Lipinski definition) is 9. The van der Waals surface area contributed by atoms with E-state index in [1.807, 2.05) is 12.1 Å². The van der Waals surface area contributed by atoms with E-state index in [-0.39, 0.29) is 0 Å². The first-order valence-corrected chi connectivity index (χ1v) is 16.4. The average molecular weight is 622 g/mol. The zero-order valence-corrected chi connectivity index (χ0v) is 25.9. The first-order chi connectivity index (χ1) is 19.3. The molecule has 4 aromatic rings. The molecule has 2 aromatic carbocycles. The van der Waals surface area contributed by atoms with Crippen molar-refractivity contribution in [3.05, 3.63) is 52.9 Å². The molecule has 2 atom stereocenters. The second-order valence-electron chi connectivity index (χ2n) is 10.9. The summed E-state index contributed by atoms with van der Waals surface area (Å²) in [5.74, 6) is 3.39. The van der Waals surface area contributed by atoms with Crippen molar-refractivity contribution >= 4 is 69.0 Å². The average Bonchev–Trinajstić information content (AvgIpc) is 3.47. The van der Waals surface area contributed by atoms with Crippen LogP contribution in [0, 0.1) is 18.8 Å². The smallest absolute Gasteiger partial charge is 0.229 e. The van der Waals surface area contributed by atoms with Gasteiger partial charge in [-0.3, -0.25) is 9.97 Å². The number of aromatic nitrogens is 4. The largest absolute Gasteiger partial charge is 0.494 e. The molecule has 4 heterocycles. The van der Waals surface area contributed by atoms with Gasteiger partial charge in [-0.1, -0.05) is 7.92 Å². The van der Waals surface area contributed by atoms with E-state index in [0.29, 0.717) is 11.8 Å². The van der Waals surface area contributed by atoms with Gasteiger partial charge in [-0.25, -0.2) is 4.98 Å². The van der Waals surface area contributed by atoms with Gasteiger partial charge in [-0.2, -0.15) is 4.98 Å². The Hall–Kier alpha value is -3.07. The van der Waals surface area contributed by atoms with Crippen molar-refractivity contribution in [3.8, 4) is 5.75 Å². The predicted molar refractivity (Wildman–Crippen MR) is 169 cm³/mol. The summed E-state index contributed by atoms with van der Waals surface area (Å²) >= 11 is 3.62. The number of hydrogen-bond donors (Lipinski definition) is 2. The van der Waals surface area contributed by atoms with Crippen LogP contribution in [0.4, 0.5) is 28.8 Å². The molecule has 208 valence electrons. The molecule has 0 amide bonds. The number of fused-ring (bicyclic) bond motifs is 2. The van der Waals surface area contributed by atoms with E-state index in [9.17, 15) is 0 Å². The lowest BCUT2D eigenvalue weighted by molar-refractivity contribution is 0.387. The molecule has 2 aromatic heterocycles. The van der Waals surface area contributed by atoms with Crippen LogP contribution in [0.15, 0.2) is 47.3 Å². The van der Waals surface area contributed by atoms with E-state index in [0.717, 1.165) is 62.9 Å². The highest BCUT2D eigenvalue weighted by molar-refractivity contribution is 9.10. The molecule has 0 spiro atoms. The summed E-state index contributed by atoms with van der Waals surface area (Å²) in [5, 5.41) is 8.07. The standard InChI is InChI=1S/C29H34BrN8OP/c1-17-10-23(25(39-3)11-24(17)38-15-18-13-37(2)14-19(18)16-38)35-29-33-12-20(30)28(36-29)34-22-7-6-21-26(27(22)40(4)5)32-9-8-31-21/h6-12,18-19H,13-16H2,1-5H3,(H2,33,34,35,36)/t18-,19+. The van der Waals surface area contributed by atoms with E-state index in [2.05, 4.69) is 90.7 Å². The molecule has 0 saturated carbocycles. The lowest BCUT2D eigenvalue weighted by Crippen LogP contribution is -2.27. The van der Waals surface area contributed by atoms with Crippen molar-refractivity contribution in [2.75, 3.05) is 69.2 Å². The monoisotopic (exact) mass is 620 g/mol. The maximum Gasteiger partial charge on any atom is 0.229 e. The highest BCUT2D eigenvalue weighted by Gasteiger charge is 2.39. The Morgan fingerprint density at radius 3 is 2.45 bits per heavy atom. The number of methoxy groups -OCH3 is 1. The number of nitrogens with one attached hydrogen (secondary N) is 2. The van der Waals surface area contributed by atoms with Crippen molar-refractivity contribution < 1.29 is 4.74 Å². The molecule has 2 aliphatic heterocycles. The quantitative estimate of drug-likeness (QED) is 0.265. The Balaban J connectivity index is 1.26. The molecular formula is C29H34BrN8OP. The van der Waals surface area contributed by atoms with Gasteiger partial charge in [-0.05, 0) is 78.8 Å². The minimum Gasteiger partial charge on any atom is -0.494 e. The van der Waals surface area contributed by atoms with Crippen LogP contribution in [-0.4, -0.2) is 78.5 Å². The van der Waals surface area contributed by atoms with Gasteiger partial charge in [0.05, 0.1) is 28.3 Å². The van der Waals surface area contributed by atoms with Crippen LogP contribution < -0.4 is 25.6 Å². The van der Waals surface area contributed by atoms with E-state index >= 15 is 0 Å². The molecule has 0 radical (unpaired) electrons. The minimum absolute atomic E-state index is 0.455. The van der Waals surface area contributed by atoms with Crippen LogP contribution in [0.3, 0.4) is 0 Å². The number of rotatable bonds is 7. The zero-order chi connectivity index (χ0) is 28.0.